The van der Waals surface area contributed by atoms with Crippen LogP contribution in [0.2, 0.25) is 0 Å². The van der Waals surface area contributed by atoms with Crippen LogP contribution in [-0.4, -0.2) is 30.6 Å². The van der Waals surface area contributed by atoms with Crippen LogP contribution in [0.3, 0.4) is 0 Å². The summed E-state index contributed by atoms with van der Waals surface area (Å²) in [7, 11) is 0. The Hall–Kier alpha value is -1.93. The molecular formula is C13H13F2NO2. The third-order valence-corrected chi connectivity index (χ3v) is 2.22. The second kappa shape index (κ2) is 6.72. The first-order valence-electron chi connectivity index (χ1n) is 5.31. The van der Waals surface area contributed by atoms with E-state index in [1.807, 2.05) is 6.92 Å². The number of carbonyl (C=O) groups is 1. The van der Waals surface area contributed by atoms with Crippen LogP contribution in [-0.2, 0) is 0 Å². The number of aliphatic hydroxyl groups excluding tert-OH is 1. The normalized spacial score (nSPS) is 9.83. The molecule has 2 N–H and O–H groups in total. The van der Waals surface area contributed by atoms with Gasteiger partial charge in [-0.1, -0.05) is 17.9 Å². The summed E-state index contributed by atoms with van der Waals surface area (Å²) >= 11 is 0. The molecule has 0 heterocycles. The van der Waals surface area contributed by atoms with Gasteiger partial charge in [-0.15, -0.1) is 0 Å². The Balaban J connectivity index is 2.87. The van der Waals surface area contributed by atoms with Gasteiger partial charge in [-0.05, 0) is 24.6 Å². The summed E-state index contributed by atoms with van der Waals surface area (Å²) in [5.74, 6) is 4.60. The second-order valence-corrected chi connectivity index (χ2v) is 3.59. The number of hydrogen-bond acceptors (Lipinski definition) is 2. The summed E-state index contributed by atoms with van der Waals surface area (Å²) in [6, 6.07) is 4.73. The Labute approximate surface area is 104 Å². The highest BCUT2D eigenvalue weighted by Gasteiger charge is 2.09. The zero-order valence-electron chi connectivity index (χ0n) is 9.84. The predicted molar refractivity (Wildman–Crippen MR) is 63.5 cm³/mol. The van der Waals surface area contributed by atoms with Gasteiger partial charge in [0.25, 0.3) is 12.3 Å². The maximum atomic E-state index is 12.0. The lowest BCUT2D eigenvalue weighted by Gasteiger charge is -2.06. The average molecular weight is 253 g/mol. The van der Waals surface area contributed by atoms with Crippen LogP contribution in [0.1, 0.15) is 21.5 Å². The number of alkyl halides is 2. The van der Waals surface area contributed by atoms with Crippen LogP contribution >= 0.6 is 0 Å². The highest BCUT2D eigenvalue weighted by molar-refractivity contribution is 5.94. The molecule has 1 aromatic rings. The molecule has 1 aromatic carbocycles. The summed E-state index contributed by atoms with van der Waals surface area (Å²) in [5.41, 5.74) is 1.71. The number of aliphatic hydroxyl groups is 1. The second-order valence-electron chi connectivity index (χ2n) is 3.59. The molecule has 1 amide bonds. The predicted octanol–water partition coefficient (Wildman–Crippen LogP) is 1.33. The maximum absolute atomic E-state index is 12.0. The fraction of sp³-hybridized carbons (Fsp3) is 0.308. The van der Waals surface area contributed by atoms with E-state index < -0.39 is 18.9 Å². The van der Waals surface area contributed by atoms with Crippen LogP contribution in [0.4, 0.5) is 8.78 Å². The van der Waals surface area contributed by atoms with Crippen molar-refractivity contribution in [1.29, 1.82) is 0 Å². The molecule has 0 bridgehead atoms. The molecule has 18 heavy (non-hydrogen) atoms. The Kier molecular flexibility index (Phi) is 5.28. The van der Waals surface area contributed by atoms with Crippen molar-refractivity contribution in [3.63, 3.8) is 0 Å². The van der Waals surface area contributed by atoms with E-state index in [1.165, 1.54) is 6.07 Å². The van der Waals surface area contributed by atoms with Gasteiger partial charge >= 0.3 is 0 Å². The zero-order chi connectivity index (χ0) is 13.5. The number of hydrogen-bond donors (Lipinski definition) is 2. The third-order valence-electron chi connectivity index (χ3n) is 2.22. The average Bonchev–Trinajstić information content (AvgIpc) is 2.35. The van der Waals surface area contributed by atoms with E-state index >= 15 is 0 Å². The standard InChI is InChI=1S/C13H13F2NO2/c1-9-4-5-11(7-10(9)3-2-6-17)13(18)16-8-12(14)15/h4-5,7,12,17H,6,8H2,1H3,(H,16,18). The quantitative estimate of drug-likeness (QED) is 0.798. The largest absolute Gasteiger partial charge is 0.384 e. The number of benzene rings is 1. The highest BCUT2D eigenvalue weighted by atomic mass is 19.3. The third kappa shape index (κ3) is 4.15. The Morgan fingerprint density at radius 2 is 2.22 bits per heavy atom. The molecule has 0 saturated heterocycles. The Bertz CT molecular complexity index is 489. The van der Waals surface area contributed by atoms with Crippen molar-refractivity contribution in [2.45, 2.75) is 13.3 Å². The van der Waals surface area contributed by atoms with Crippen LogP contribution in [0.25, 0.3) is 0 Å². The number of carbonyl (C=O) groups excluding carboxylic acids is 1. The fourth-order valence-corrected chi connectivity index (χ4v) is 1.30. The highest BCUT2D eigenvalue weighted by Crippen LogP contribution is 2.10. The summed E-state index contributed by atoms with van der Waals surface area (Å²) in [4.78, 5) is 11.5. The smallest absolute Gasteiger partial charge is 0.255 e. The molecule has 0 aromatic heterocycles. The molecule has 0 saturated carbocycles. The monoisotopic (exact) mass is 253 g/mol. The van der Waals surface area contributed by atoms with Crippen molar-refractivity contribution in [2.75, 3.05) is 13.2 Å². The van der Waals surface area contributed by atoms with E-state index in [-0.39, 0.29) is 12.2 Å². The van der Waals surface area contributed by atoms with Crippen molar-refractivity contribution < 1.29 is 18.7 Å². The van der Waals surface area contributed by atoms with E-state index in [0.29, 0.717) is 5.56 Å². The number of nitrogens with one attached hydrogen (secondary N) is 1. The van der Waals surface area contributed by atoms with Crippen LogP contribution < -0.4 is 5.32 Å². The summed E-state index contributed by atoms with van der Waals surface area (Å²) in [6.45, 7) is 0.855. The van der Waals surface area contributed by atoms with Crippen LogP contribution in [0.5, 0.6) is 0 Å². The number of rotatable bonds is 3. The van der Waals surface area contributed by atoms with Gasteiger partial charge in [-0.2, -0.15) is 0 Å². The Morgan fingerprint density at radius 1 is 1.50 bits per heavy atom. The molecule has 0 aliphatic carbocycles. The van der Waals surface area contributed by atoms with E-state index in [9.17, 15) is 13.6 Å². The molecular weight excluding hydrogens is 240 g/mol. The van der Waals surface area contributed by atoms with Crippen molar-refractivity contribution >= 4 is 5.91 Å². The van der Waals surface area contributed by atoms with Gasteiger partial charge in [0.05, 0.1) is 6.54 Å². The van der Waals surface area contributed by atoms with Gasteiger partial charge in [-0.3, -0.25) is 4.79 Å². The van der Waals surface area contributed by atoms with Gasteiger partial charge in [0, 0.05) is 11.1 Å². The van der Waals surface area contributed by atoms with Gasteiger partial charge in [0.15, 0.2) is 0 Å². The van der Waals surface area contributed by atoms with Crippen molar-refractivity contribution in [2.24, 2.45) is 0 Å². The molecule has 3 nitrogen and oxygen atoms in total. The molecule has 1 rings (SSSR count). The lowest BCUT2D eigenvalue weighted by Crippen LogP contribution is -2.28. The first-order chi connectivity index (χ1) is 8.54. The molecule has 0 radical (unpaired) electrons. The van der Waals surface area contributed by atoms with Gasteiger partial charge < -0.3 is 10.4 Å². The molecule has 0 fully saturated rings. The topological polar surface area (TPSA) is 49.3 Å². The molecule has 5 heteroatoms. The van der Waals surface area contributed by atoms with E-state index in [1.54, 1.807) is 12.1 Å². The maximum Gasteiger partial charge on any atom is 0.255 e. The summed E-state index contributed by atoms with van der Waals surface area (Å²) in [5, 5.41) is 10.7. The molecule has 0 unspecified atom stereocenters. The van der Waals surface area contributed by atoms with E-state index in [4.69, 9.17) is 5.11 Å². The minimum Gasteiger partial charge on any atom is -0.384 e. The van der Waals surface area contributed by atoms with E-state index in [2.05, 4.69) is 17.2 Å². The zero-order valence-corrected chi connectivity index (χ0v) is 9.84. The van der Waals surface area contributed by atoms with Crippen molar-refractivity contribution in [3.05, 3.63) is 34.9 Å². The molecule has 0 aliphatic heterocycles. The molecule has 0 aliphatic rings. The first-order valence-corrected chi connectivity index (χ1v) is 5.31. The van der Waals surface area contributed by atoms with E-state index in [0.717, 1.165) is 5.56 Å². The number of amides is 1. The van der Waals surface area contributed by atoms with Crippen LogP contribution in [0.15, 0.2) is 18.2 Å². The minimum atomic E-state index is -2.58. The van der Waals surface area contributed by atoms with Gasteiger partial charge in [-0.25, -0.2) is 8.78 Å². The minimum absolute atomic E-state index is 0.267. The van der Waals surface area contributed by atoms with Crippen molar-refractivity contribution in [1.82, 2.24) is 5.32 Å². The SMILES string of the molecule is Cc1ccc(C(=O)NCC(F)F)cc1C#CCO. The fourth-order valence-electron chi connectivity index (χ4n) is 1.30. The lowest BCUT2D eigenvalue weighted by atomic mass is 10.0. The molecule has 96 valence electrons. The molecule has 0 atom stereocenters. The Morgan fingerprint density at radius 3 is 2.83 bits per heavy atom. The van der Waals surface area contributed by atoms with Gasteiger partial charge in [0.1, 0.15) is 6.61 Å². The van der Waals surface area contributed by atoms with Crippen LogP contribution in [0, 0.1) is 18.8 Å². The van der Waals surface area contributed by atoms with Gasteiger partial charge in [0.2, 0.25) is 0 Å². The summed E-state index contributed by atoms with van der Waals surface area (Å²) in [6.07, 6.45) is -2.58. The van der Waals surface area contributed by atoms with Crippen molar-refractivity contribution in [3.8, 4) is 11.8 Å². The molecule has 0 spiro atoms. The number of aryl methyl sites for hydroxylation is 1. The number of halogens is 2. The summed E-state index contributed by atoms with van der Waals surface area (Å²) < 4.78 is 23.9. The first kappa shape index (κ1) is 14.1. The lowest BCUT2D eigenvalue weighted by molar-refractivity contribution is 0.0891.